The number of hydrogen-bond donors (Lipinski definition) is 0. The Morgan fingerprint density at radius 3 is 2.87 bits per heavy atom. The van der Waals surface area contributed by atoms with Gasteiger partial charge in [-0.2, -0.15) is 0 Å². The Balaban J connectivity index is 2.27. The van der Waals surface area contributed by atoms with Crippen LogP contribution in [0.2, 0.25) is 5.15 Å². The van der Waals surface area contributed by atoms with Gasteiger partial charge in [-0.25, -0.2) is 4.98 Å². The molecule has 3 aromatic heterocycles. The summed E-state index contributed by atoms with van der Waals surface area (Å²) in [7, 11) is 0. The number of hydrogen-bond acceptors (Lipinski definition) is 2. The molecule has 74 valence electrons. The maximum absolute atomic E-state index is 6.06. The number of aromatic nitrogens is 2. The van der Waals surface area contributed by atoms with Gasteiger partial charge in [0.2, 0.25) is 0 Å². The van der Waals surface area contributed by atoms with Crippen molar-refractivity contribution in [3.05, 3.63) is 47.1 Å². The third kappa shape index (κ3) is 1.44. The van der Waals surface area contributed by atoms with Crippen LogP contribution in [0.15, 0.2) is 41.9 Å². The van der Waals surface area contributed by atoms with Gasteiger partial charge in [-0.15, -0.1) is 11.3 Å². The lowest BCUT2D eigenvalue weighted by Crippen LogP contribution is -1.82. The largest absolute Gasteiger partial charge is 0.290 e. The summed E-state index contributed by atoms with van der Waals surface area (Å²) < 4.78 is 1.89. The van der Waals surface area contributed by atoms with Gasteiger partial charge in [-0.05, 0) is 23.6 Å². The quantitative estimate of drug-likeness (QED) is 0.587. The molecule has 0 aromatic carbocycles. The number of thiophene rings is 1. The zero-order valence-electron chi connectivity index (χ0n) is 7.72. The Labute approximate surface area is 95.8 Å². The fourth-order valence-corrected chi connectivity index (χ4v) is 2.41. The molecule has 0 spiro atoms. The number of fused-ring (bicyclic) bond motifs is 1. The lowest BCUT2D eigenvalue weighted by molar-refractivity contribution is 1.19. The number of nitrogens with zero attached hydrogens (tertiary/aromatic N) is 2. The van der Waals surface area contributed by atoms with Gasteiger partial charge >= 0.3 is 0 Å². The summed E-state index contributed by atoms with van der Waals surface area (Å²) in [4.78, 5) is 5.67. The first-order chi connectivity index (χ1) is 7.34. The van der Waals surface area contributed by atoms with Crippen LogP contribution in [0, 0.1) is 0 Å². The smallest absolute Gasteiger partial charge is 0.138 e. The second kappa shape index (κ2) is 3.36. The Bertz CT molecular complexity index is 598. The highest BCUT2D eigenvalue weighted by atomic mass is 35.5. The molecule has 0 radical (unpaired) electrons. The zero-order chi connectivity index (χ0) is 10.3. The molecule has 0 N–H and O–H groups in total. The average molecular weight is 235 g/mol. The highest BCUT2D eigenvalue weighted by Gasteiger charge is 2.06. The summed E-state index contributed by atoms with van der Waals surface area (Å²) in [6.45, 7) is 0. The van der Waals surface area contributed by atoms with Gasteiger partial charge in [0.05, 0.1) is 10.6 Å². The van der Waals surface area contributed by atoms with Crippen molar-refractivity contribution in [2.75, 3.05) is 0 Å². The van der Waals surface area contributed by atoms with E-state index in [1.165, 1.54) is 0 Å². The minimum atomic E-state index is 0.683. The monoisotopic (exact) mass is 234 g/mol. The van der Waals surface area contributed by atoms with Gasteiger partial charge in [0.1, 0.15) is 10.8 Å². The van der Waals surface area contributed by atoms with Crippen LogP contribution in [0.4, 0.5) is 0 Å². The van der Waals surface area contributed by atoms with E-state index in [1.807, 2.05) is 40.2 Å². The lowest BCUT2D eigenvalue weighted by Gasteiger charge is -1.93. The van der Waals surface area contributed by atoms with Gasteiger partial charge in [0.25, 0.3) is 0 Å². The molecule has 3 heterocycles. The molecule has 0 fully saturated rings. The summed E-state index contributed by atoms with van der Waals surface area (Å²) >= 11 is 7.74. The fraction of sp³-hybridized carbons (Fsp3) is 0. The molecule has 0 aliphatic carbocycles. The van der Waals surface area contributed by atoms with E-state index in [2.05, 4.69) is 11.1 Å². The van der Waals surface area contributed by atoms with Crippen LogP contribution in [0.3, 0.4) is 0 Å². The second-order valence-electron chi connectivity index (χ2n) is 3.18. The first-order valence-electron chi connectivity index (χ1n) is 4.52. The van der Waals surface area contributed by atoms with E-state index in [0.29, 0.717) is 5.15 Å². The minimum Gasteiger partial charge on any atom is -0.290 e. The van der Waals surface area contributed by atoms with Gasteiger partial charge < -0.3 is 0 Å². The summed E-state index contributed by atoms with van der Waals surface area (Å²) in [6, 6.07) is 9.78. The van der Waals surface area contributed by atoms with Gasteiger partial charge in [0.15, 0.2) is 0 Å². The molecule has 0 saturated heterocycles. The fourth-order valence-electron chi connectivity index (χ4n) is 1.52. The van der Waals surface area contributed by atoms with Crippen molar-refractivity contribution in [3.63, 3.8) is 0 Å². The van der Waals surface area contributed by atoms with Crippen molar-refractivity contribution >= 4 is 28.6 Å². The van der Waals surface area contributed by atoms with E-state index in [0.717, 1.165) is 16.2 Å². The van der Waals surface area contributed by atoms with E-state index < -0.39 is 0 Å². The van der Waals surface area contributed by atoms with Gasteiger partial charge in [-0.1, -0.05) is 23.7 Å². The lowest BCUT2D eigenvalue weighted by atomic mass is 10.4. The molecule has 0 aliphatic heterocycles. The van der Waals surface area contributed by atoms with E-state index in [-0.39, 0.29) is 0 Å². The van der Waals surface area contributed by atoms with Gasteiger partial charge in [-0.3, -0.25) is 4.40 Å². The number of rotatable bonds is 1. The molecular formula is C11H7ClN2S. The molecule has 2 nitrogen and oxygen atoms in total. The molecule has 0 saturated carbocycles. The maximum atomic E-state index is 6.06. The van der Waals surface area contributed by atoms with Gasteiger partial charge in [0, 0.05) is 6.20 Å². The summed E-state index contributed by atoms with van der Waals surface area (Å²) in [6.07, 6.45) is 1.96. The number of halogens is 1. The molecule has 0 amide bonds. The van der Waals surface area contributed by atoms with E-state index in [9.17, 15) is 0 Å². The van der Waals surface area contributed by atoms with Crippen molar-refractivity contribution in [1.29, 1.82) is 0 Å². The normalized spacial score (nSPS) is 11.0. The topological polar surface area (TPSA) is 17.3 Å². The van der Waals surface area contributed by atoms with Crippen molar-refractivity contribution in [2.45, 2.75) is 0 Å². The van der Waals surface area contributed by atoms with Crippen LogP contribution >= 0.6 is 22.9 Å². The Morgan fingerprint density at radius 1 is 1.20 bits per heavy atom. The molecule has 4 heteroatoms. The molecule has 0 unspecified atom stereocenters. The highest BCUT2D eigenvalue weighted by molar-refractivity contribution is 7.13. The predicted molar refractivity (Wildman–Crippen MR) is 63.5 cm³/mol. The zero-order valence-corrected chi connectivity index (χ0v) is 9.29. The molecule has 0 aliphatic rings. The minimum absolute atomic E-state index is 0.683. The van der Waals surface area contributed by atoms with Crippen molar-refractivity contribution in [3.8, 4) is 10.6 Å². The van der Waals surface area contributed by atoms with E-state index >= 15 is 0 Å². The van der Waals surface area contributed by atoms with Crippen LogP contribution in [0.25, 0.3) is 16.2 Å². The number of pyridine rings is 1. The van der Waals surface area contributed by atoms with Crippen LogP contribution < -0.4 is 0 Å². The summed E-state index contributed by atoms with van der Waals surface area (Å²) in [5.74, 6) is 0. The van der Waals surface area contributed by atoms with Crippen LogP contribution in [-0.4, -0.2) is 9.38 Å². The van der Waals surface area contributed by atoms with Crippen LogP contribution in [0.1, 0.15) is 0 Å². The highest BCUT2D eigenvalue weighted by Crippen LogP contribution is 2.25. The molecular weight excluding hydrogens is 228 g/mol. The molecule has 0 atom stereocenters. The Morgan fingerprint density at radius 2 is 2.13 bits per heavy atom. The predicted octanol–water partition coefficient (Wildman–Crippen LogP) is 3.72. The Kier molecular flexibility index (Phi) is 2.01. The summed E-state index contributed by atoms with van der Waals surface area (Å²) in [5.41, 5.74) is 1.85. The molecule has 3 rings (SSSR count). The molecule has 0 bridgehead atoms. The summed E-state index contributed by atoms with van der Waals surface area (Å²) in [5, 5.41) is 2.73. The Hall–Kier alpha value is -1.32. The molecule has 3 aromatic rings. The number of imidazole rings is 1. The third-order valence-electron chi connectivity index (χ3n) is 2.22. The SMILES string of the molecule is Clc1cccc2nc(-c3cccs3)cn12. The maximum Gasteiger partial charge on any atom is 0.138 e. The first-order valence-corrected chi connectivity index (χ1v) is 5.78. The standard InChI is InChI=1S/C11H7ClN2S/c12-10-4-1-5-11-13-8(7-14(10)11)9-3-2-6-15-9/h1-7H. The van der Waals surface area contributed by atoms with Crippen molar-refractivity contribution < 1.29 is 0 Å². The van der Waals surface area contributed by atoms with Crippen LogP contribution in [0.5, 0.6) is 0 Å². The first kappa shape index (κ1) is 8.95. The van der Waals surface area contributed by atoms with Crippen LogP contribution in [-0.2, 0) is 0 Å². The third-order valence-corrected chi connectivity index (χ3v) is 3.42. The van der Waals surface area contributed by atoms with E-state index in [1.54, 1.807) is 11.3 Å². The van der Waals surface area contributed by atoms with Crippen molar-refractivity contribution in [1.82, 2.24) is 9.38 Å². The average Bonchev–Trinajstić information content (AvgIpc) is 2.86. The second-order valence-corrected chi connectivity index (χ2v) is 4.52. The molecule has 15 heavy (non-hydrogen) atoms. The van der Waals surface area contributed by atoms with E-state index in [4.69, 9.17) is 11.6 Å². The van der Waals surface area contributed by atoms with Crippen molar-refractivity contribution in [2.24, 2.45) is 0 Å².